The number of carboxylic acids is 1. The summed E-state index contributed by atoms with van der Waals surface area (Å²) >= 11 is 0. The van der Waals surface area contributed by atoms with Crippen molar-refractivity contribution >= 4 is 23.3 Å². The molecule has 1 fully saturated rings. The highest BCUT2D eigenvalue weighted by atomic mass is 16.5. The number of anilines is 2. The molecule has 4 N–H and O–H groups in total. The Labute approximate surface area is 174 Å². The van der Waals surface area contributed by atoms with Crippen LogP contribution in [0.3, 0.4) is 0 Å². The van der Waals surface area contributed by atoms with Gasteiger partial charge in [-0.15, -0.1) is 0 Å². The summed E-state index contributed by atoms with van der Waals surface area (Å²) in [5.74, 6) is -0.956. The van der Waals surface area contributed by atoms with E-state index in [-0.39, 0.29) is 11.1 Å². The molecule has 0 aromatic heterocycles. The minimum Gasteiger partial charge on any atom is -0.493 e. The number of methoxy groups -OCH3 is 1. The Balaban J connectivity index is 1.77. The van der Waals surface area contributed by atoms with Gasteiger partial charge < -0.3 is 30.4 Å². The van der Waals surface area contributed by atoms with E-state index in [0.717, 1.165) is 32.8 Å². The van der Waals surface area contributed by atoms with Crippen LogP contribution >= 0.6 is 0 Å². The average Bonchev–Trinajstić information content (AvgIpc) is 2.74. The van der Waals surface area contributed by atoms with Crippen molar-refractivity contribution in [3.63, 3.8) is 0 Å². The summed E-state index contributed by atoms with van der Waals surface area (Å²) < 4.78 is 16.6. The lowest BCUT2D eigenvalue weighted by Crippen LogP contribution is -2.38. The van der Waals surface area contributed by atoms with Crippen LogP contribution in [0, 0.1) is 0 Å². The van der Waals surface area contributed by atoms with Gasteiger partial charge in [0.1, 0.15) is 6.61 Å². The predicted molar refractivity (Wildman–Crippen MR) is 111 cm³/mol. The van der Waals surface area contributed by atoms with E-state index < -0.39 is 11.9 Å². The molecule has 160 valence electrons. The average molecular weight is 415 g/mol. The number of carbonyl (C=O) groups is 2. The molecule has 0 unspecified atom stereocenters. The highest BCUT2D eigenvalue weighted by Crippen LogP contribution is 2.32. The Morgan fingerprint density at radius 3 is 2.63 bits per heavy atom. The molecule has 2 aromatic carbocycles. The summed E-state index contributed by atoms with van der Waals surface area (Å²) in [4.78, 5) is 25.5. The van der Waals surface area contributed by atoms with Crippen LogP contribution in [0.1, 0.15) is 20.7 Å². The van der Waals surface area contributed by atoms with Gasteiger partial charge in [0.2, 0.25) is 0 Å². The zero-order valence-electron chi connectivity index (χ0n) is 16.7. The predicted octanol–water partition coefficient (Wildman–Crippen LogP) is 1.95. The van der Waals surface area contributed by atoms with Crippen molar-refractivity contribution in [3.8, 4) is 11.5 Å². The van der Waals surface area contributed by atoms with Gasteiger partial charge in [0.25, 0.3) is 5.91 Å². The molecule has 1 aliphatic rings. The number of nitrogens with zero attached hydrogens (tertiary/aromatic N) is 1. The molecule has 0 bridgehead atoms. The zero-order chi connectivity index (χ0) is 21.5. The first-order valence-corrected chi connectivity index (χ1v) is 9.53. The molecule has 0 aliphatic carbocycles. The van der Waals surface area contributed by atoms with Crippen LogP contribution in [0.25, 0.3) is 0 Å². The van der Waals surface area contributed by atoms with Crippen LogP contribution in [-0.2, 0) is 4.74 Å². The molecule has 1 heterocycles. The summed E-state index contributed by atoms with van der Waals surface area (Å²) in [6, 6.07) is 9.68. The van der Waals surface area contributed by atoms with E-state index in [1.54, 1.807) is 37.4 Å². The first-order valence-electron chi connectivity index (χ1n) is 9.53. The first-order chi connectivity index (χ1) is 14.5. The van der Waals surface area contributed by atoms with E-state index >= 15 is 0 Å². The van der Waals surface area contributed by atoms with Crippen molar-refractivity contribution in [1.82, 2.24) is 4.90 Å². The van der Waals surface area contributed by atoms with E-state index in [9.17, 15) is 14.7 Å². The van der Waals surface area contributed by atoms with Gasteiger partial charge in [-0.3, -0.25) is 9.69 Å². The van der Waals surface area contributed by atoms with Crippen molar-refractivity contribution in [2.45, 2.75) is 0 Å². The SMILES string of the molecule is COc1ccc(Nc2cccc(C(=O)O)c2C(N)=O)cc1OCCN1CCOCC1. The number of morpholine rings is 1. The molecule has 2 aromatic rings. The Hall–Kier alpha value is -3.30. The van der Waals surface area contributed by atoms with Gasteiger partial charge in [-0.1, -0.05) is 6.07 Å². The number of nitrogens with one attached hydrogen (secondary N) is 1. The lowest BCUT2D eigenvalue weighted by atomic mass is 10.0. The lowest BCUT2D eigenvalue weighted by molar-refractivity contribution is 0.0321. The number of benzene rings is 2. The third-order valence-corrected chi connectivity index (χ3v) is 4.75. The summed E-state index contributed by atoms with van der Waals surface area (Å²) in [5, 5.41) is 12.4. The van der Waals surface area contributed by atoms with Crippen molar-refractivity contribution in [1.29, 1.82) is 0 Å². The van der Waals surface area contributed by atoms with Gasteiger partial charge in [-0.25, -0.2) is 4.79 Å². The van der Waals surface area contributed by atoms with Crippen LogP contribution in [0.2, 0.25) is 0 Å². The summed E-state index contributed by atoms with van der Waals surface area (Å²) in [6.45, 7) is 4.42. The van der Waals surface area contributed by atoms with E-state index in [1.807, 2.05) is 0 Å². The summed E-state index contributed by atoms with van der Waals surface area (Å²) in [7, 11) is 1.55. The number of aromatic carboxylic acids is 1. The molecule has 0 spiro atoms. The number of nitrogens with two attached hydrogens (primary N) is 1. The van der Waals surface area contributed by atoms with Gasteiger partial charge in [0, 0.05) is 31.4 Å². The number of amides is 1. The van der Waals surface area contributed by atoms with Crippen molar-refractivity contribution < 1.29 is 28.9 Å². The largest absolute Gasteiger partial charge is 0.493 e. The van der Waals surface area contributed by atoms with Crippen molar-refractivity contribution in [3.05, 3.63) is 47.5 Å². The highest BCUT2D eigenvalue weighted by Gasteiger charge is 2.19. The Morgan fingerprint density at radius 2 is 1.97 bits per heavy atom. The second-order valence-electron chi connectivity index (χ2n) is 6.69. The van der Waals surface area contributed by atoms with Crippen LogP contribution in [0.5, 0.6) is 11.5 Å². The Kier molecular flexibility index (Phi) is 7.10. The molecule has 0 atom stereocenters. The van der Waals surface area contributed by atoms with Gasteiger partial charge in [-0.05, 0) is 24.3 Å². The number of primary amides is 1. The Bertz CT molecular complexity index is 912. The van der Waals surface area contributed by atoms with E-state index in [4.69, 9.17) is 19.9 Å². The smallest absolute Gasteiger partial charge is 0.336 e. The number of ether oxygens (including phenoxy) is 3. The number of carbonyl (C=O) groups excluding carboxylic acids is 1. The maximum Gasteiger partial charge on any atom is 0.336 e. The molecule has 9 heteroatoms. The molecule has 3 rings (SSSR count). The van der Waals surface area contributed by atoms with E-state index in [0.29, 0.717) is 29.5 Å². The van der Waals surface area contributed by atoms with E-state index in [1.165, 1.54) is 6.07 Å². The molecular weight excluding hydrogens is 390 g/mol. The molecular formula is C21H25N3O6. The molecule has 1 amide bonds. The van der Waals surface area contributed by atoms with Crippen LogP contribution in [0.15, 0.2) is 36.4 Å². The monoisotopic (exact) mass is 415 g/mol. The minimum absolute atomic E-state index is 0.0874. The Morgan fingerprint density at radius 1 is 1.20 bits per heavy atom. The standard InChI is InChI=1S/C21H25N3O6/c1-28-17-6-5-14(13-18(17)30-12-9-24-7-10-29-11-8-24)23-16-4-2-3-15(21(26)27)19(16)20(22)25/h2-6,13,23H,7-12H2,1H3,(H2,22,25)(H,26,27). The number of hydrogen-bond donors (Lipinski definition) is 3. The molecule has 1 saturated heterocycles. The molecule has 1 aliphatic heterocycles. The normalized spacial score (nSPS) is 14.2. The minimum atomic E-state index is -1.23. The maximum absolute atomic E-state index is 11.9. The third kappa shape index (κ3) is 5.19. The van der Waals surface area contributed by atoms with Crippen LogP contribution < -0.4 is 20.5 Å². The number of carboxylic acid groups (broad SMARTS) is 1. The second-order valence-corrected chi connectivity index (χ2v) is 6.69. The zero-order valence-corrected chi connectivity index (χ0v) is 16.7. The summed E-state index contributed by atoms with van der Waals surface area (Å²) in [6.07, 6.45) is 0. The molecule has 0 saturated carbocycles. The van der Waals surface area contributed by atoms with Gasteiger partial charge in [-0.2, -0.15) is 0 Å². The fourth-order valence-corrected chi connectivity index (χ4v) is 3.23. The molecule has 30 heavy (non-hydrogen) atoms. The topological polar surface area (TPSA) is 123 Å². The van der Waals surface area contributed by atoms with Crippen LogP contribution in [0.4, 0.5) is 11.4 Å². The first kappa shape index (κ1) is 21.4. The fourth-order valence-electron chi connectivity index (χ4n) is 3.23. The van der Waals surface area contributed by atoms with Crippen molar-refractivity contribution in [2.75, 3.05) is 51.9 Å². The summed E-state index contributed by atoms with van der Waals surface area (Å²) in [5.41, 5.74) is 6.06. The third-order valence-electron chi connectivity index (χ3n) is 4.75. The van der Waals surface area contributed by atoms with Crippen molar-refractivity contribution in [2.24, 2.45) is 5.73 Å². The quantitative estimate of drug-likeness (QED) is 0.568. The van der Waals surface area contributed by atoms with Gasteiger partial charge in [0.05, 0.1) is 37.1 Å². The molecule has 0 radical (unpaired) electrons. The highest BCUT2D eigenvalue weighted by molar-refractivity contribution is 6.08. The fraction of sp³-hybridized carbons (Fsp3) is 0.333. The van der Waals surface area contributed by atoms with Gasteiger partial charge >= 0.3 is 5.97 Å². The van der Waals surface area contributed by atoms with Gasteiger partial charge in [0.15, 0.2) is 11.5 Å². The maximum atomic E-state index is 11.9. The van der Waals surface area contributed by atoms with E-state index in [2.05, 4.69) is 10.2 Å². The van der Waals surface area contributed by atoms with Crippen LogP contribution in [-0.4, -0.2) is 68.4 Å². The second kappa shape index (κ2) is 9.95. The lowest BCUT2D eigenvalue weighted by Gasteiger charge is -2.26. The number of rotatable bonds is 9. The molecule has 9 nitrogen and oxygen atoms in total. The number of hydrogen-bond acceptors (Lipinski definition) is 7.